The monoisotopic (exact) mass is 417 g/mol. The summed E-state index contributed by atoms with van der Waals surface area (Å²) in [5.41, 5.74) is 0.838. The van der Waals surface area contributed by atoms with Gasteiger partial charge in [-0.25, -0.2) is 9.78 Å². The van der Waals surface area contributed by atoms with Crippen molar-refractivity contribution in [2.24, 2.45) is 7.05 Å². The standard InChI is InChI=1S/C19H16ClN3O4S/c1-23-17(25)12-5-3-4-6-14(12)22-19(23)28-10-16(24)21-15-8-7-11(20)9-13(15)18(26)27-2/h3-9H,10H2,1-2H3,(H,21,24). The molecular weight excluding hydrogens is 402 g/mol. The van der Waals surface area contributed by atoms with Crippen LogP contribution in [0.2, 0.25) is 5.02 Å². The maximum Gasteiger partial charge on any atom is 0.340 e. The Balaban J connectivity index is 1.77. The zero-order chi connectivity index (χ0) is 20.3. The van der Waals surface area contributed by atoms with E-state index >= 15 is 0 Å². The number of hydrogen-bond acceptors (Lipinski definition) is 6. The van der Waals surface area contributed by atoms with Crippen LogP contribution in [-0.2, 0) is 16.6 Å². The van der Waals surface area contributed by atoms with Crippen molar-refractivity contribution in [3.63, 3.8) is 0 Å². The summed E-state index contributed by atoms with van der Waals surface area (Å²) < 4.78 is 6.12. The number of para-hydroxylation sites is 1. The summed E-state index contributed by atoms with van der Waals surface area (Å²) in [5.74, 6) is -0.967. The molecule has 144 valence electrons. The second kappa shape index (κ2) is 8.45. The lowest BCUT2D eigenvalue weighted by Crippen LogP contribution is -2.21. The van der Waals surface area contributed by atoms with Gasteiger partial charge in [-0.05, 0) is 30.3 Å². The van der Waals surface area contributed by atoms with Gasteiger partial charge in [0.15, 0.2) is 5.16 Å². The van der Waals surface area contributed by atoms with Gasteiger partial charge in [0.05, 0.1) is 35.0 Å². The summed E-state index contributed by atoms with van der Waals surface area (Å²) >= 11 is 7.03. The highest BCUT2D eigenvalue weighted by Gasteiger charge is 2.16. The largest absolute Gasteiger partial charge is 0.465 e. The van der Waals surface area contributed by atoms with Crippen LogP contribution < -0.4 is 10.9 Å². The third kappa shape index (κ3) is 4.18. The van der Waals surface area contributed by atoms with Gasteiger partial charge in [-0.1, -0.05) is 35.5 Å². The first kappa shape index (κ1) is 19.9. The molecule has 0 aliphatic carbocycles. The van der Waals surface area contributed by atoms with Gasteiger partial charge in [-0.3, -0.25) is 14.2 Å². The molecule has 0 aliphatic heterocycles. The molecule has 3 aromatic rings. The van der Waals surface area contributed by atoms with Gasteiger partial charge in [0, 0.05) is 12.1 Å². The highest BCUT2D eigenvalue weighted by molar-refractivity contribution is 7.99. The van der Waals surface area contributed by atoms with Gasteiger partial charge in [0.2, 0.25) is 5.91 Å². The average molecular weight is 418 g/mol. The molecule has 0 spiro atoms. The number of hydrogen-bond donors (Lipinski definition) is 1. The SMILES string of the molecule is COC(=O)c1cc(Cl)ccc1NC(=O)CSc1nc2ccccc2c(=O)n1C. The van der Waals surface area contributed by atoms with Crippen LogP contribution >= 0.6 is 23.4 Å². The van der Waals surface area contributed by atoms with Crippen LogP contribution in [0.5, 0.6) is 0 Å². The number of nitrogens with zero attached hydrogens (tertiary/aromatic N) is 2. The molecule has 1 aromatic heterocycles. The average Bonchev–Trinajstić information content (AvgIpc) is 2.70. The molecule has 9 heteroatoms. The molecule has 0 saturated heterocycles. The number of anilines is 1. The molecule has 3 rings (SSSR count). The van der Waals surface area contributed by atoms with Gasteiger partial charge >= 0.3 is 5.97 Å². The summed E-state index contributed by atoms with van der Waals surface area (Å²) in [4.78, 5) is 41.1. The molecule has 0 radical (unpaired) electrons. The van der Waals surface area contributed by atoms with Crippen molar-refractivity contribution >= 4 is 51.8 Å². The van der Waals surface area contributed by atoms with E-state index in [9.17, 15) is 14.4 Å². The van der Waals surface area contributed by atoms with Crippen LogP contribution in [0.25, 0.3) is 10.9 Å². The summed E-state index contributed by atoms with van der Waals surface area (Å²) in [6, 6.07) is 11.5. The second-order valence-corrected chi connectivity index (χ2v) is 7.17. The lowest BCUT2D eigenvalue weighted by atomic mass is 10.2. The number of fused-ring (bicyclic) bond motifs is 1. The van der Waals surface area contributed by atoms with Crippen LogP contribution in [0.15, 0.2) is 52.4 Å². The van der Waals surface area contributed by atoms with Crippen LogP contribution in [-0.4, -0.2) is 34.3 Å². The van der Waals surface area contributed by atoms with E-state index in [2.05, 4.69) is 10.3 Å². The Labute approximate surface area is 169 Å². The molecule has 0 saturated carbocycles. The first-order valence-corrected chi connectivity index (χ1v) is 9.53. The summed E-state index contributed by atoms with van der Waals surface area (Å²) in [7, 11) is 2.85. The van der Waals surface area contributed by atoms with Gasteiger partial charge in [-0.15, -0.1) is 0 Å². The van der Waals surface area contributed by atoms with E-state index in [1.165, 1.54) is 23.8 Å². The van der Waals surface area contributed by atoms with Crippen molar-refractivity contribution in [2.45, 2.75) is 5.16 Å². The molecule has 1 N–H and O–H groups in total. The van der Waals surface area contributed by atoms with E-state index in [0.717, 1.165) is 11.8 Å². The van der Waals surface area contributed by atoms with Gasteiger partial charge in [-0.2, -0.15) is 0 Å². The predicted molar refractivity (Wildman–Crippen MR) is 109 cm³/mol. The van der Waals surface area contributed by atoms with E-state index in [1.54, 1.807) is 37.4 Å². The maximum atomic E-state index is 12.4. The third-order valence-corrected chi connectivity index (χ3v) is 5.20. The van der Waals surface area contributed by atoms with E-state index in [-0.39, 0.29) is 22.8 Å². The zero-order valence-electron chi connectivity index (χ0n) is 15.1. The normalized spacial score (nSPS) is 10.7. The first-order valence-electron chi connectivity index (χ1n) is 8.17. The van der Waals surface area contributed by atoms with E-state index in [1.807, 2.05) is 0 Å². The van der Waals surface area contributed by atoms with Crippen molar-refractivity contribution in [1.29, 1.82) is 0 Å². The van der Waals surface area contributed by atoms with Crippen molar-refractivity contribution in [2.75, 3.05) is 18.2 Å². The number of halogens is 1. The number of ether oxygens (including phenoxy) is 1. The Morgan fingerprint density at radius 2 is 2.00 bits per heavy atom. The summed E-state index contributed by atoms with van der Waals surface area (Å²) in [6.45, 7) is 0. The number of aromatic nitrogens is 2. The number of thioether (sulfide) groups is 1. The predicted octanol–water partition coefficient (Wildman–Crippen LogP) is 3.10. The number of amides is 1. The number of esters is 1. The molecule has 2 aromatic carbocycles. The smallest absolute Gasteiger partial charge is 0.340 e. The third-order valence-electron chi connectivity index (χ3n) is 3.94. The minimum Gasteiger partial charge on any atom is -0.465 e. The molecule has 1 amide bonds. The van der Waals surface area contributed by atoms with Crippen LogP contribution in [0.4, 0.5) is 5.69 Å². The molecule has 0 unspecified atom stereocenters. The fourth-order valence-corrected chi connectivity index (χ4v) is 3.49. The molecule has 0 aliphatic rings. The van der Waals surface area contributed by atoms with Gasteiger partial charge in [0.25, 0.3) is 5.56 Å². The van der Waals surface area contributed by atoms with Gasteiger partial charge in [0.1, 0.15) is 0 Å². The van der Waals surface area contributed by atoms with Crippen molar-refractivity contribution < 1.29 is 14.3 Å². The fraction of sp³-hybridized carbons (Fsp3) is 0.158. The lowest BCUT2D eigenvalue weighted by molar-refractivity contribution is -0.113. The highest BCUT2D eigenvalue weighted by atomic mass is 35.5. The lowest BCUT2D eigenvalue weighted by Gasteiger charge is -2.11. The fourth-order valence-electron chi connectivity index (χ4n) is 2.55. The van der Waals surface area contributed by atoms with Crippen LogP contribution in [0, 0.1) is 0 Å². The van der Waals surface area contributed by atoms with Crippen molar-refractivity contribution in [3.8, 4) is 0 Å². The molecule has 0 fully saturated rings. The summed E-state index contributed by atoms with van der Waals surface area (Å²) in [6.07, 6.45) is 0. The molecular formula is C19H16ClN3O4S. The molecule has 1 heterocycles. The van der Waals surface area contributed by atoms with E-state index < -0.39 is 5.97 Å². The maximum absolute atomic E-state index is 12.4. The topological polar surface area (TPSA) is 90.3 Å². The number of nitrogens with one attached hydrogen (secondary N) is 1. The van der Waals surface area contributed by atoms with Crippen LogP contribution in [0.3, 0.4) is 0 Å². The molecule has 7 nitrogen and oxygen atoms in total. The molecule has 0 bridgehead atoms. The zero-order valence-corrected chi connectivity index (χ0v) is 16.6. The van der Waals surface area contributed by atoms with E-state index in [0.29, 0.717) is 26.8 Å². The summed E-state index contributed by atoms with van der Waals surface area (Å²) in [5, 5.41) is 3.95. The van der Waals surface area contributed by atoms with Crippen LogP contribution in [0.1, 0.15) is 10.4 Å². The number of methoxy groups -OCH3 is 1. The first-order chi connectivity index (χ1) is 13.4. The van der Waals surface area contributed by atoms with Crippen molar-refractivity contribution in [3.05, 3.63) is 63.4 Å². The minimum atomic E-state index is -0.607. The molecule has 0 atom stereocenters. The Morgan fingerprint density at radius 3 is 2.75 bits per heavy atom. The Hall–Kier alpha value is -2.84. The Kier molecular flexibility index (Phi) is 6.01. The second-order valence-electron chi connectivity index (χ2n) is 5.79. The quantitative estimate of drug-likeness (QED) is 0.389. The van der Waals surface area contributed by atoms with Crippen molar-refractivity contribution in [1.82, 2.24) is 9.55 Å². The highest BCUT2D eigenvalue weighted by Crippen LogP contribution is 2.23. The van der Waals surface area contributed by atoms with Gasteiger partial charge < -0.3 is 10.1 Å². The number of benzene rings is 2. The number of rotatable bonds is 5. The Morgan fingerprint density at radius 1 is 1.25 bits per heavy atom. The van der Waals surface area contributed by atoms with E-state index in [4.69, 9.17) is 16.3 Å². The number of carbonyl (C=O) groups is 2. The Bertz CT molecular complexity index is 1130. The minimum absolute atomic E-state index is 0.00184. The molecule has 28 heavy (non-hydrogen) atoms. The number of carbonyl (C=O) groups excluding carboxylic acids is 2.